The quantitative estimate of drug-likeness (QED) is 0.553. The first kappa shape index (κ1) is 19.1. The van der Waals surface area contributed by atoms with Crippen molar-refractivity contribution in [1.29, 1.82) is 0 Å². The minimum atomic E-state index is -0.992. The molecule has 0 spiro atoms. The Morgan fingerprint density at radius 3 is 2.20 bits per heavy atom. The average Bonchev–Trinajstić information content (AvgIpc) is 2.55. The van der Waals surface area contributed by atoms with E-state index in [1.165, 1.54) is 0 Å². The number of ether oxygens (including phenoxy) is 1. The maximum atomic E-state index is 12.8. The van der Waals surface area contributed by atoms with E-state index in [1.54, 1.807) is 6.92 Å². The maximum absolute atomic E-state index is 12.8. The smallest absolute Gasteiger partial charge is 0.324 e. The van der Waals surface area contributed by atoms with Crippen LogP contribution in [0.5, 0.6) is 0 Å². The van der Waals surface area contributed by atoms with Crippen molar-refractivity contribution < 1.29 is 9.53 Å². The van der Waals surface area contributed by atoms with Crippen molar-refractivity contribution in [2.75, 3.05) is 0 Å². The number of hydrogen-bond acceptors (Lipinski definition) is 2. The highest BCUT2D eigenvalue weighted by atomic mass is 35.5. The molecule has 130 valence electrons. The zero-order valence-electron chi connectivity index (χ0n) is 15.1. The summed E-state index contributed by atoms with van der Waals surface area (Å²) in [6.07, 6.45) is 0.390. The summed E-state index contributed by atoms with van der Waals surface area (Å²) in [5.41, 5.74) is 0.165. The summed E-state index contributed by atoms with van der Waals surface area (Å²) < 4.78 is 5.62. The lowest BCUT2D eigenvalue weighted by Gasteiger charge is -2.28. The van der Waals surface area contributed by atoms with Gasteiger partial charge in [-0.3, -0.25) is 4.79 Å². The fraction of sp³-hybridized carbons (Fsp3) is 0.318. The van der Waals surface area contributed by atoms with Crippen LogP contribution in [0.15, 0.2) is 54.6 Å². The second kappa shape index (κ2) is 7.76. The molecule has 2 rings (SSSR count). The highest BCUT2D eigenvalue weighted by Gasteiger charge is 2.36. The Morgan fingerprint density at radius 2 is 1.60 bits per heavy atom. The first-order chi connectivity index (χ1) is 11.7. The van der Waals surface area contributed by atoms with Gasteiger partial charge in [0.1, 0.15) is 11.0 Å². The Labute approximate surface area is 155 Å². The molecule has 0 aromatic heterocycles. The van der Waals surface area contributed by atoms with Crippen LogP contribution in [0, 0.1) is 17.3 Å². The van der Waals surface area contributed by atoms with Crippen LogP contribution in [0.25, 0.3) is 0 Å². The molecule has 0 radical (unpaired) electrons. The molecule has 0 amide bonds. The van der Waals surface area contributed by atoms with Crippen molar-refractivity contribution >= 4 is 17.6 Å². The normalized spacial score (nSPS) is 13.3. The van der Waals surface area contributed by atoms with Gasteiger partial charge in [-0.05, 0) is 51.5 Å². The number of rotatable bonds is 3. The van der Waals surface area contributed by atoms with E-state index in [0.717, 1.165) is 11.1 Å². The number of carbonyl (C=O) groups excluding carboxylic acids is 1. The van der Waals surface area contributed by atoms with Crippen LogP contribution in [0.2, 0.25) is 5.02 Å². The summed E-state index contributed by atoms with van der Waals surface area (Å²) in [5.74, 6) is 5.88. The zero-order chi connectivity index (χ0) is 18.5. The predicted molar refractivity (Wildman–Crippen MR) is 102 cm³/mol. The molecule has 0 saturated carbocycles. The van der Waals surface area contributed by atoms with Crippen molar-refractivity contribution in [3.8, 4) is 11.8 Å². The topological polar surface area (TPSA) is 26.3 Å². The molecule has 0 aliphatic carbocycles. The Kier molecular flexibility index (Phi) is 5.93. The number of hydrogen-bond donors (Lipinski definition) is 0. The molecule has 0 aliphatic heterocycles. The van der Waals surface area contributed by atoms with Crippen molar-refractivity contribution in [3.05, 3.63) is 70.7 Å². The van der Waals surface area contributed by atoms with Crippen molar-refractivity contribution in [2.45, 2.75) is 39.7 Å². The van der Waals surface area contributed by atoms with E-state index in [1.807, 2.05) is 75.4 Å². The minimum Gasteiger partial charge on any atom is -0.459 e. The van der Waals surface area contributed by atoms with E-state index in [0.29, 0.717) is 11.4 Å². The third-order valence-corrected chi connectivity index (χ3v) is 3.98. The van der Waals surface area contributed by atoms with Gasteiger partial charge in [0, 0.05) is 17.0 Å². The summed E-state index contributed by atoms with van der Waals surface area (Å²) in [6, 6.07) is 17.1. The lowest BCUT2D eigenvalue weighted by atomic mass is 9.83. The Balaban J connectivity index is 2.39. The summed E-state index contributed by atoms with van der Waals surface area (Å²) >= 11 is 6.28. The fourth-order valence-corrected chi connectivity index (χ4v) is 2.51. The molecular weight excluding hydrogens is 332 g/mol. The molecule has 25 heavy (non-hydrogen) atoms. The van der Waals surface area contributed by atoms with Gasteiger partial charge < -0.3 is 4.74 Å². The van der Waals surface area contributed by atoms with Gasteiger partial charge in [0.05, 0.1) is 0 Å². The molecule has 2 aromatic rings. The molecule has 0 aliphatic rings. The highest BCUT2D eigenvalue weighted by molar-refractivity contribution is 6.31. The van der Waals surface area contributed by atoms with Crippen LogP contribution in [-0.2, 0) is 16.0 Å². The Bertz CT molecular complexity index is 794. The van der Waals surface area contributed by atoms with E-state index >= 15 is 0 Å². The molecule has 0 heterocycles. The second-order valence-electron chi connectivity index (χ2n) is 7.22. The third kappa shape index (κ3) is 5.66. The summed E-state index contributed by atoms with van der Waals surface area (Å²) in [7, 11) is 0. The van der Waals surface area contributed by atoms with Gasteiger partial charge in [-0.1, -0.05) is 59.8 Å². The second-order valence-corrected chi connectivity index (χ2v) is 7.63. The Morgan fingerprint density at radius 1 is 1.00 bits per heavy atom. The molecule has 0 bridgehead atoms. The summed E-state index contributed by atoms with van der Waals surface area (Å²) in [5, 5.41) is 0.624. The minimum absolute atomic E-state index is 0.344. The first-order valence-corrected chi connectivity index (χ1v) is 8.62. The largest absolute Gasteiger partial charge is 0.459 e. The van der Waals surface area contributed by atoms with E-state index in [9.17, 15) is 4.79 Å². The van der Waals surface area contributed by atoms with Crippen molar-refractivity contribution in [3.63, 3.8) is 0 Å². The van der Waals surface area contributed by atoms with Crippen LogP contribution in [0.3, 0.4) is 0 Å². The van der Waals surface area contributed by atoms with Crippen LogP contribution in [0.1, 0.15) is 38.8 Å². The number of esters is 1. The molecule has 0 fully saturated rings. The molecule has 2 aromatic carbocycles. The number of benzene rings is 2. The van der Waals surface area contributed by atoms with Crippen LogP contribution in [-0.4, -0.2) is 11.6 Å². The molecule has 0 saturated heterocycles. The van der Waals surface area contributed by atoms with Gasteiger partial charge in [-0.2, -0.15) is 0 Å². The van der Waals surface area contributed by atoms with E-state index in [-0.39, 0.29) is 5.97 Å². The van der Waals surface area contributed by atoms with E-state index in [4.69, 9.17) is 16.3 Å². The molecule has 0 N–H and O–H groups in total. The lowest BCUT2D eigenvalue weighted by Crippen LogP contribution is -2.36. The highest BCUT2D eigenvalue weighted by Crippen LogP contribution is 2.29. The van der Waals surface area contributed by atoms with Crippen LogP contribution >= 0.6 is 11.6 Å². The van der Waals surface area contributed by atoms with E-state index < -0.39 is 11.0 Å². The van der Waals surface area contributed by atoms with Gasteiger partial charge in [0.25, 0.3) is 0 Å². The standard InChI is InChI=1S/C22H23ClO2/c1-21(2,3)25-20(24)22(4,15-14-17-10-6-5-7-11-17)16-18-12-8-9-13-19(18)23/h5-13H,16H2,1-4H3/t22-/m1/s1. The number of halogens is 1. The maximum Gasteiger partial charge on any atom is 0.324 e. The molecular formula is C22H23ClO2. The van der Waals surface area contributed by atoms with Crippen molar-refractivity contribution in [1.82, 2.24) is 0 Å². The van der Waals surface area contributed by atoms with Crippen LogP contribution < -0.4 is 0 Å². The molecule has 0 unspecified atom stereocenters. The van der Waals surface area contributed by atoms with Gasteiger partial charge in [-0.25, -0.2) is 0 Å². The van der Waals surface area contributed by atoms with Gasteiger partial charge in [0.2, 0.25) is 0 Å². The van der Waals surface area contributed by atoms with Gasteiger partial charge >= 0.3 is 5.97 Å². The van der Waals surface area contributed by atoms with E-state index in [2.05, 4.69) is 11.8 Å². The lowest BCUT2D eigenvalue weighted by molar-refractivity contribution is -0.163. The predicted octanol–water partition coefficient (Wildman–Crippen LogP) is 5.28. The first-order valence-electron chi connectivity index (χ1n) is 8.25. The summed E-state index contributed by atoms with van der Waals surface area (Å²) in [6.45, 7) is 7.36. The molecule has 3 heteroatoms. The SMILES string of the molecule is CC(C)(C)OC(=O)[C@](C)(C#Cc1ccccc1)Cc1ccccc1Cl. The van der Waals surface area contributed by atoms with Crippen molar-refractivity contribution in [2.24, 2.45) is 5.41 Å². The molecule has 1 atom stereocenters. The van der Waals surface area contributed by atoms with Crippen LogP contribution in [0.4, 0.5) is 0 Å². The Hall–Kier alpha value is -2.24. The number of carbonyl (C=O) groups is 1. The fourth-order valence-electron chi connectivity index (χ4n) is 2.31. The average molecular weight is 355 g/mol. The summed E-state index contributed by atoms with van der Waals surface area (Å²) in [4.78, 5) is 12.8. The monoisotopic (exact) mass is 354 g/mol. The van der Waals surface area contributed by atoms with Gasteiger partial charge in [-0.15, -0.1) is 0 Å². The zero-order valence-corrected chi connectivity index (χ0v) is 15.9. The third-order valence-electron chi connectivity index (χ3n) is 3.61. The van der Waals surface area contributed by atoms with Gasteiger partial charge in [0.15, 0.2) is 0 Å². The molecule has 2 nitrogen and oxygen atoms in total.